The minimum atomic E-state index is -0.716. The zero-order valence-electron chi connectivity index (χ0n) is 11.2. The van der Waals surface area contributed by atoms with E-state index < -0.39 is 6.10 Å². The highest BCUT2D eigenvalue weighted by molar-refractivity contribution is 5.66. The van der Waals surface area contributed by atoms with Crippen molar-refractivity contribution >= 4 is 5.76 Å². The Morgan fingerprint density at radius 3 is 2.90 bits per heavy atom. The molecule has 1 N–H and O–H groups in total. The van der Waals surface area contributed by atoms with E-state index in [0.29, 0.717) is 6.61 Å². The lowest BCUT2D eigenvalue weighted by Gasteiger charge is -2.09. The van der Waals surface area contributed by atoms with Gasteiger partial charge in [0.05, 0.1) is 7.11 Å². The molecule has 0 aliphatic carbocycles. The average molecular weight is 268 g/mol. The molecule has 0 spiro atoms. The Hall–Kier alpha value is -2.26. The number of ether oxygens (including phenoxy) is 2. The molecule has 1 aliphatic rings. The summed E-state index contributed by atoms with van der Waals surface area (Å²) in [6, 6.07) is 15.4. The van der Waals surface area contributed by atoms with Crippen molar-refractivity contribution in [2.45, 2.75) is 12.7 Å². The first-order valence-corrected chi connectivity index (χ1v) is 6.53. The highest BCUT2D eigenvalue weighted by atomic mass is 16.5. The summed E-state index contributed by atoms with van der Waals surface area (Å²) in [4.78, 5) is 0. The lowest BCUT2D eigenvalue weighted by molar-refractivity contribution is 0.220. The monoisotopic (exact) mass is 268 g/mol. The van der Waals surface area contributed by atoms with Crippen molar-refractivity contribution in [3.05, 3.63) is 71.3 Å². The van der Waals surface area contributed by atoms with Gasteiger partial charge in [-0.25, -0.2) is 0 Å². The number of aliphatic hydroxyl groups excluding tert-OH is 1. The van der Waals surface area contributed by atoms with Gasteiger partial charge in [-0.05, 0) is 23.8 Å². The average Bonchev–Trinajstić information content (AvgIpc) is 2.90. The Morgan fingerprint density at radius 1 is 1.20 bits per heavy atom. The number of aliphatic hydroxyl groups is 1. The van der Waals surface area contributed by atoms with Gasteiger partial charge in [-0.2, -0.15) is 0 Å². The minimum Gasteiger partial charge on any atom is -0.497 e. The van der Waals surface area contributed by atoms with Gasteiger partial charge in [0.1, 0.15) is 24.2 Å². The number of methoxy groups -OCH3 is 1. The Labute approximate surface area is 118 Å². The summed E-state index contributed by atoms with van der Waals surface area (Å²) in [5.41, 5.74) is 2.98. The van der Waals surface area contributed by atoms with Crippen molar-refractivity contribution in [3.8, 4) is 5.75 Å². The van der Waals surface area contributed by atoms with Crippen LogP contribution in [0, 0.1) is 0 Å². The summed E-state index contributed by atoms with van der Waals surface area (Å²) in [6.07, 6.45) is 1.02. The van der Waals surface area contributed by atoms with Crippen molar-refractivity contribution in [1.82, 2.24) is 0 Å². The first kappa shape index (κ1) is 12.8. The van der Waals surface area contributed by atoms with Gasteiger partial charge in [-0.15, -0.1) is 0 Å². The molecule has 0 saturated carbocycles. The molecule has 2 aromatic rings. The third-order valence-corrected chi connectivity index (χ3v) is 3.41. The van der Waals surface area contributed by atoms with E-state index in [0.717, 1.165) is 28.2 Å². The fourth-order valence-corrected chi connectivity index (χ4v) is 2.32. The van der Waals surface area contributed by atoms with Crippen LogP contribution in [0.25, 0.3) is 5.76 Å². The van der Waals surface area contributed by atoms with Gasteiger partial charge in [-0.1, -0.05) is 36.4 Å². The number of hydrogen-bond donors (Lipinski definition) is 1. The molecule has 3 rings (SSSR count). The molecule has 1 heterocycles. The first-order valence-electron chi connectivity index (χ1n) is 6.53. The van der Waals surface area contributed by atoms with Gasteiger partial charge in [0.2, 0.25) is 0 Å². The molecular formula is C17H16O3. The molecule has 0 fully saturated rings. The van der Waals surface area contributed by atoms with E-state index in [2.05, 4.69) is 0 Å². The molecule has 1 aliphatic heterocycles. The first-order chi connectivity index (χ1) is 9.78. The van der Waals surface area contributed by atoms with Gasteiger partial charge in [-0.3, -0.25) is 0 Å². The molecule has 102 valence electrons. The maximum absolute atomic E-state index is 10.3. The second kappa shape index (κ2) is 5.39. The molecule has 3 heteroatoms. The highest BCUT2D eigenvalue weighted by Crippen LogP contribution is 2.32. The fraction of sp³-hybridized carbons (Fsp3) is 0.176. The van der Waals surface area contributed by atoms with Crippen molar-refractivity contribution in [3.63, 3.8) is 0 Å². The number of hydrogen-bond acceptors (Lipinski definition) is 3. The second-order valence-corrected chi connectivity index (χ2v) is 4.70. The topological polar surface area (TPSA) is 38.7 Å². The van der Waals surface area contributed by atoms with Crippen molar-refractivity contribution in [2.24, 2.45) is 0 Å². The zero-order valence-corrected chi connectivity index (χ0v) is 11.2. The van der Waals surface area contributed by atoms with Crippen LogP contribution < -0.4 is 4.74 Å². The van der Waals surface area contributed by atoms with Crippen LogP contribution in [0.2, 0.25) is 0 Å². The van der Waals surface area contributed by atoms with E-state index in [-0.39, 0.29) is 0 Å². The minimum absolute atomic E-state index is 0.562. The molecule has 0 bridgehead atoms. The van der Waals surface area contributed by atoms with Crippen LogP contribution in [-0.4, -0.2) is 12.2 Å². The van der Waals surface area contributed by atoms with E-state index in [4.69, 9.17) is 9.47 Å². The van der Waals surface area contributed by atoms with Crippen LogP contribution in [0.5, 0.6) is 5.75 Å². The van der Waals surface area contributed by atoms with Crippen molar-refractivity contribution in [1.29, 1.82) is 0 Å². The quantitative estimate of drug-likeness (QED) is 0.928. The molecule has 1 unspecified atom stereocenters. The molecule has 20 heavy (non-hydrogen) atoms. The molecule has 0 radical (unpaired) electrons. The summed E-state index contributed by atoms with van der Waals surface area (Å²) in [7, 11) is 1.61. The molecule has 0 amide bonds. The number of fused-ring (bicyclic) bond motifs is 1. The predicted molar refractivity (Wildman–Crippen MR) is 77.2 cm³/mol. The van der Waals surface area contributed by atoms with Crippen molar-refractivity contribution < 1.29 is 14.6 Å². The van der Waals surface area contributed by atoms with E-state index in [9.17, 15) is 5.11 Å². The van der Waals surface area contributed by atoms with Crippen LogP contribution in [0.4, 0.5) is 0 Å². The zero-order chi connectivity index (χ0) is 13.9. The van der Waals surface area contributed by atoms with Crippen LogP contribution in [0.15, 0.2) is 54.6 Å². The summed E-state index contributed by atoms with van der Waals surface area (Å²) in [6.45, 7) is 0.562. The summed E-state index contributed by atoms with van der Waals surface area (Å²) < 4.78 is 10.8. The lowest BCUT2D eigenvalue weighted by atomic mass is 10.0. The molecule has 0 saturated heterocycles. The van der Waals surface area contributed by atoms with Crippen LogP contribution >= 0.6 is 0 Å². The van der Waals surface area contributed by atoms with Crippen LogP contribution in [-0.2, 0) is 11.3 Å². The van der Waals surface area contributed by atoms with Gasteiger partial charge in [0, 0.05) is 11.1 Å². The molecule has 2 aromatic carbocycles. The molecular weight excluding hydrogens is 252 g/mol. The Kier molecular flexibility index (Phi) is 3.44. The molecule has 0 aromatic heterocycles. The van der Waals surface area contributed by atoms with Crippen LogP contribution in [0.3, 0.4) is 0 Å². The van der Waals surface area contributed by atoms with Crippen LogP contribution in [0.1, 0.15) is 22.8 Å². The molecule has 1 atom stereocenters. The molecule has 3 nitrogen and oxygen atoms in total. The Bertz CT molecular complexity index is 646. The normalized spacial score (nSPS) is 16.6. The maximum Gasteiger partial charge on any atom is 0.126 e. The smallest absolute Gasteiger partial charge is 0.126 e. The Balaban J connectivity index is 1.89. The standard InChI is InChI=1S/C17H16O3/c1-19-14-7-4-6-12(9-14)16(18)10-17-15-8-3-2-5-13(15)11-20-17/h2-10,16,18H,11H2,1H3/b17-10+. The largest absolute Gasteiger partial charge is 0.497 e. The second-order valence-electron chi connectivity index (χ2n) is 4.70. The third-order valence-electron chi connectivity index (χ3n) is 3.41. The Morgan fingerprint density at radius 2 is 2.05 bits per heavy atom. The fourth-order valence-electron chi connectivity index (χ4n) is 2.32. The van der Waals surface area contributed by atoms with Gasteiger partial charge in [0.15, 0.2) is 0 Å². The van der Waals surface area contributed by atoms with E-state index in [1.165, 1.54) is 0 Å². The lowest BCUT2D eigenvalue weighted by Crippen LogP contribution is -1.96. The summed E-state index contributed by atoms with van der Waals surface area (Å²) in [5.74, 6) is 1.46. The number of rotatable bonds is 3. The maximum atomic E-state index is 10.3. The van der Waals surface area contributed by atoms with Crippen molar-refractivity contribution in [2.75, 3.05) is 7.11 Å². The third kappa shape index (κ3) is 2.40. The van der Waals surface area contributed by atoms with E-state index in [1.54, 1.807) is 13.2 Å². The number of benzene rings is 2. The van der Waals surface area contributed by atoms with E-state index in [1.807, 2.05) is 48.5 Å². The predicted octanol–water partition coefficient (Wildman–Crippen LogP) is 3.30. The highest BCUT2D eigenvalue weighted by Gasteiger charge is 2.18. The SMILES string of the molecule is COc1cccc(C(O)/C=C2/OCc3ccccc32)c1. The van der Waals surface area contributed by atoms with Gasteiger partial charge in [0.25, 0.3) is 0 Å². The van der Waals surface area contributed by atoms with Gasteiger partial charge >= 0.3 is 0 Å². The summed E-state index contributed by atoms with van der Waals surface area (Å²) in [5, 5.41) is 10.3. The van der Waals surface area contributed by atoms with Gasteiger partial charge < -0.3 is 14.6 Å². The summed E-state index contributed by atoms with van der Waals surface area (Å²) >= 11 is 0. The van der Waals surface area contributed by atoms with E-state index >= 15 is 0 Å².